The molecule has 92 valence electrons. The van der Waals surface area contributed by atoms with Gasteiger partial charge in [-0.1, -0.05) is 6.92 Å². The van der Waals surface area contributed by atoms with Gasteiger partial charge in [-0.2, -0.15) is 0 Å². The summed E-state index contributed by atoms with van der Waals surface area (Å²) in [5, 5.41) is 3.29. The molecule has 0 amide bonds. The van der Waals surface area contributed by atoms with Gasteiger partial charge in [0.15, 0.2) is 0 Å². The van der Waals surface area contributed by atoms with Crippen molar-refractivity contribution in [2.45, 2.75) is 46.8 Å². The van der Waals surface area contributed by atoms with Crippen LogP contribution in [0.3, 0.4) is 0 Å². The molecule has 0 aliphatic heterocycles. The molecule has 1 aromatic rings. The van der Waals surface area contributed by atoms with E-state index in [2.05, 4.69) is 51.0 Å². The molecule has 0 saturated heterocycles. The number of nitrogens with one attached hydrogen (secondary N) is 1. The van der Waals surface area contributed by atoms with Gasteiger partial charge in [-0.3, -0.25) is 4.90 Å². The standard InChI is InChI=1S/C13H24N2O/c1-6-14-8-13-11(4)7-12(16-13)9-15(5)10(2)3/h7,10,14H,6,8-9H2,1-5H3. The summed E-state index contributed by atoms with van der Waals surface area (Å²) < 4.78 is 5.83. The van der Waals surface area contributed by atoms with Gasteiger partial charge in [-0.15, -0.1) is 0 Å². The third-order valence-corrected chi connectivity index (χ3v) is 2.89. The van der Waals surface area contributed by atoms with Crippen LogP contribution in [-0.4, -0.2) is 24.5 Å². The topological polar surface area (TPSA) is 28.4 Å². The Morgan fingerprint density at radius 3 is 2.69 bits per heavy atom. The van der Waals surface area contributed by atoms with E-state index in [1.54, 1.807) is 0 Å². The van der Waals surface area contributed by atoms with E-state index in [0.717, 1.165) is 31.2 Å². The lowest BCUT2D eigenvalue weighted by molar-refractivity contribution is 0.241. The van der Waals surface area contributed by atoms with Crippen molar-refractivity contribution in [2.24, 2.45) is 0 Å². The Kier molecular flexibility index (Phi) is 5.03. The maximum Gasteiger partial charge on any atom is 0.120 e. The Hall–Kier alpha value is -0.800. The summed E-state index contributed by atoms with van der Waals surface area (Å²) in [6.07, 6.45) is 0. The average Bonchev–Trinajstić information content (AvgIpc) is 2.55. The van der Waals surface area contributed by atoms with Crippen molar-refractivity contribution in [1.82, 2.24) is 10.2 Å². The average molecular weight is 224 g/mol. The second-order valence-electron chi connectivity index (χ2n) is 4.61. The molecule has 16 heavy (non-hydrogen) atoms. The van der Waals surface area contributed by atoms with Crippen molar-refractivity contribution in [1.29, 1.82) is 0 Å². The highest BCUT2D eigenvalue weighted by Gasteiger charge is 2.10. The molecule has 1 N–H and O–H groups in total. The molecule has 0 unspecified atom stereocenters. The molecular weight excluding hydrogens is 200 g/mol. The fourth-order valence-corrected chi connectivity index (χ4v) is 1.51. The first-order valence-electron chi connectivity index (χ1n) is 6.03. The molecule has 0 bridgehead atoms. The number of nitrogens with zero attached hydrogens (tertiary/aromatic N) is 1. The van der Waals surface area contributed by atoms with Crippen molar-refractivity contribution < 1.29 is 4.42 Å². The summed E-state index contributed by atoms with van der Waals surface area (Å²) in [5.41, 5.74) is 1.24. The van der Waals surface area contributed by atoms with Crippen molar-refractivity contribution in [3.63, 3.8) is 0 Å². The number of furan rings is 1. The Bertz CT molecular complexity index is 318. The molecule has 0 atom stereocenters. The maximum atomic E-state index is 5.83. The Morgan fingerprint density at radius 1 is 1.44 bits per heavy atom. The lowest BCUT2D eigenvalue weighted by Crippen LogP contribution is -2.25. The maximum absolute atomic E-state index is 5.83. The molecule has 0 saturated carbocycles. The highest BCUT2D eigenvalue weighted by Crippen LogP contribution is 2.16. The summed E-state index contributed by atoms with van der Waals surface area (Å²) >= 11 is 0. The molecule has 3 nitrogen and oxygen atoms in total. The smallest absolute Gasteiger partial charge is 0.120 e. The summed E-state index contributed by atoms with van der Waals surface area (Å²) in [4.78, 5) is 2.27. The minimum absolute atomic E-state index is 0.544. The van der Waals surface area contributed by atoms with Crippen molar-refractivity contribution in [3.05, 3.63) is 23.2 Å². The second-order valence-corrected chi connectivity index (χ2v) is 4.61. The zero-order valence-corrected chi connectivity index (χ0v) is 11.1. The molecule has 0 aliphatic carbocycles. The van der Waals surface area contributed by atoms with Gasteiger partial charge >= 0.3 is 0 Å². The molecule has 0 radical (unpaired) electrons. The van der Waals surface area contributed by atoms with E-state index < -0.39 is 0 Å². The zero-order valence-electron chi connectivity index (χ0n) is 11.1. The number of aryl methyl sites for hydroxylation is 1. The van der Waals surface area contributed by atoms with Crippen LogP contribution in [0.4, 0.5) is 0 Å². The Morgan fingerprint density at radius 2 is 2.12 bits per heavy atom. The summed E-state index contributed by atoms with van der Waals surface area (Å²) in [7, 11) is 2.12. The van der Waals surface area contributed by atoms with E-state index in [1.165, 1.54) is 5.56 Å². The molecular formula is C13H24N2O. The molecule has 3 heteroatoms. The molecule has 0 spiro atoms. The monoisotopic (exact) mass is 224 g/mol. The third-order valence-electron chi connectivity index (χ3n) is 2.89. The predicted molar refractivity (Wildman–Crippen MR) is 67.4 cm³/mol. The highest BCUT2D eigenvalue weighted by atomic mass is 16.3. The number of rotatable bonds is 6. The van der Waals surface area contributed by atoms with Gasteiger partial charge in [0.2, 0.25) is 0 Å². The fourth-order valence-electron chi connectivity index (χ4n) is 1.51. The second kappa shape index (κ2) is 6.06. The minimum atomic E-state index is 0.544. The zero-order chi connectivity index (χ0) is 12.1. The van der Waals surface area contributed by atoms with Gasteiger partial charge in [-0.05, 0) is 46.0 Å². The van der Waals surface area contributed by atoms with Crippen molar-refractivity contribution in [2.75, 3.05) is 13.6 Å². The van der Waals surface area contributed by atoms with Crippen LogP contribution in [0.15, 0.2) is 10.5 Å². The SMILES string of the molecule is CCNCc1oc(CN(C)C(C)C)cc1C. The molecule has 0 aliphatic rings. The van der Waals surface area contributed by atoms with Gasteiger partial charge in [0.1, 0.15) is 11.5 Å². The van der Waals surface area contributed by atoms with Gasteiger partial charge in [0.25, 0.3) is 0 Å². The predicted octanol–water partition coefficient (Wildman–Crippen LogP) is 2.54. The number of hydrogen-bond donors (Lipinski definition) is 1. The fraction of sp³-hybridized carbons (Fsp3) is 0.692. The van der Waals surface area contributed by atoms with Crippen LogP contribution in [0.2, 0.25) is 0 Å². The van der Waals surface area contributed by atoms with Crippen LogP contribution < -0.4 is 5.32 Å². The normalized spacial score (nSPS) is 11.7. The summed E-state index contributed by atoms with van der Waals surface area (Å²) in [5.74, 6) is 2.12. The first-order chi connectivity index (χ1) is 7.54. The molecule has 1 rings (SSSR count). The van der Waals surface area contributed by atoms with Gasteiger partial charge < -0.3 is 9.73 Å². The summed E-state index contributed by atoms with van der Waals surface area (Å²) in [6.45, 7) is 11.3. The van der Waals surface area contributed by atoms with Crippen LogP contribution in [0, 0.1) is 6.92 Å². The molecule has 0 aromatic carbocycles. The van der Waals surface area contributed by atoms with E-state index in [9.17, 15) is 0 Å². The summed E-state index contributed by atoms with van der Waals surface area (Å²) in [6, 6.07) is 2.69. The van der Waals surface area contributed by atoms with Crippen LogP contribution in [0.5, 0.6) is 0 Å². The van der Waals surface area contributed by atoms with E-state index >= 15 is 0 Å². The largest absolute Gasteiger partial charge is 0.463 e. The van der Waals surface area contributed by atoms with Gasteiger partial charge in [0.05, 0.1) is 13.1 Å². The Balaban J connectivity index is 2.61. The van der Waals surface area contributed by atoms with Crippen molar-refractivity contribution >= 4 is 0 Å². The van der Waals surface area contributed by atoms with Gasteiger partial charge in [0, 0.05) is 6.04 Å². The quantitative estimate of drug-likeness (QED) is 0.805. The number of hydrogen-bond acceptors (Lipinski definition) is 3. The highest BCUT2D eigenvalue weighted by molar-refractivity contribution is 5.20. The van der Waals surface area contributed by atoms with E-state index in [1.807, 2.05) is 0 Å². The van der Waals surface area contributed by atoms with Crippen LogP contribution in [0.25, 0.3) is 0 Å². The molecule has 1 aromatic heterocycles. The lowest BCUT2D eigenvalue weighted by atomic mass is 10.2. The minimum Gasteiger partial charge on any atom is -0.463 e. The van der Waals surface area contributed by atoms with E-state index in [0.29, 0.717) is 6.04 Å². The van der Waals surface area contributed by atoms with E-state index in [4.69, 9.17) is 4.42 Å². The molecule has 1 heterocycles. The van der Waals surface area contributed by atoms with Crippen LogP contribution >= 0.6 is 0 Å². The first kappa shape index (κ1) is 13.3. The lowest BCUT2D eigenvalue weighted by Gasteiger charge is -2.19. The van der Waals surface area contributed by atoms with E-state index in [-0.39, 0.29) is 0 Å². The Labute approximate surface area is 98.8 Å². The van der Waals surface area contributed by atoms with Gasteiger partial charge in [-0.25, -0.2) is 0 Å². The first-order valence-corrected chi connectivity index (χ1v) is 6.03. The van der Waals surface area contributed by atoms with Crippen molar-refractivity contribution in [3.8, 4) is 0 Å². The molecule has 0 fully saturated rings. The third kappa shape index (κ3) is 3.65. The van der Waals surface area contributed by atoms with Crippen LogP contribution in [0.1, 0.15) is 37.9 Å². The van der Waals surface area contributed by atoms with Crippen LogP contribution in [-0.2, 0) is 13.1 Å².